The van der Waals surface area contributed by atoms with Crippen molar-refractivity contribution in [2.45, 2.75) is 35.3 Å². The van der Waals surface area contributed by atoms with Crippen LogP contribution in [0.2, 0.25) is 0 Å². The van der Waals surface area contributed by atoms with Crippen molar-refractivity contribution in [1.82, 2.24) is 5.32 Å². The largest absolute Gasteiger partial charge is 0.489 e. The van der Waals surface area contributed by atoms with E-state index < -0.39 is 0 Å². The number of hydrogen-bond acceptors (Lipinski definition) is 6. The molecule has 0 aliphatic carbocycles. The van der Waals surface area contributed by atoms with Gasteiger partial charge in [0.15, 0.2) is 0 Å². The summed E-state index contributed by atoms with van der Waals surface area (Å²) in [7, 11) is 0. The van der Waals surface area contributed by atoms with Gasteiger partial charge >= 0.3 is 0 Å². The van der Waals surface area contributed by atoms with Crippen LogP contribution in [0.25, 0.3) is 0 Å². The summed E-state index contributed by atoms with van der Waals surface area (Å²) in [4.78, 5) is 2.09. The van der Waals surface area contributed by atoms with E-state index in [2.05, 4.69) is 18.3 Å². The first-order valence-corrected chi connectivity index (χ1v) is 9.34. The predicted molar refractivity (Wildman–Crippen MR) is 103 cm³/mol. The van der Waals surface area contributed by atoms with Crippen molar-refractivity contribution < 1.29 is 9.47 Å². The molecule has 2 atom stereocenters. The number of nitrogen functional groups attached to an aromatic ring is 2. The van der Waals surface area contributed by atoms with Crippen molar-refractivity contribution in [3.05, 3.63) is 42.5 Å². The maximum atomic E-state index is 6.19. The topological polar surface area (TPSA) is 82.5 Å². The Hall–Kier alpha value is -1.89. The molecule has 3 rings (SSSR count). The number of nitrogens with two attached hydrogens (primary N) is 2. The zero-order valence-corrected chi connectivity index (χ0v) is 15.2. The lowest BCUT2D eigenvalue weighted by Crippen LogP contribution is -2.40. The number of benzene rings is 2. The van der Waals surface area contributed by atoms with Gasteiger partial charge in [-0.3, -0.25) is 0 Å². The minimum absolute atomic E-state index is 0.0723. The van der Waals surface area contributed by atoms with Crippen LogP contribution in [0, 0.1) is 0 Å². The molecule has 6 heteroatoms. The van der Waals surface area contributed by atoms with Gasteiger partial charge in [0.25, 0.3) is 0 Å². The quantitative estimate of drug-likeness (QED) is 0.687. The number of hydrogen-bond donors (Lipinski definition) is 3. The third-order valence-electron chi connectivity index (χ3n) is 4.06. The number of morpholine rings is 1. The van der Waals surface area contributed by atoms with Gasteiger partial charge in [-0.05, 0) is 37.3 Å². The summed E-state index contributed by atoms with van der Waals surface area (Å²) in [6.07, 6.45) is 1.14. The molecule has 1 fully saturated rings. The summed E-state index contributed by atoms with van der Waals surface area (Å²) in [5.74, 6) is 0.874. The molecule has 0 bridgehead atoms. The van der Waals surface area contributed by atoms with Crippen LogP contribution in [0.3, 0.4) is 0 Å². The van der Waals surface area contributed by atoms with E-state index in [-0.39, 0.29) is 12.2 Å². The molecule has 2 aromatic carbocycles. The van der Waals surface area contributed by atoms with Gasteiger partial charge in [-0.2, -0.15) is 0 Å². The molecule has 1 aliphatic rings. The Morgan fingerprint density at radius 1 is 1.24 bits per heavy atom. The van der Waals surface area contributed by atoms with Crippen LogP contribution >= 0.6 is 11.8 Å². The van der Waals surface area contributed by atoms with E-state index in [4.69, 9.17) is 20.9 Å². The molecular weight excluding hydrogens is 334 g/mol. The normalized spacial score (nSPS) is 18.7. The van der Waals surface area contributed by atoms with E-state index in [9.17, 15) is 0 Å². The van der Waals surface area contributed by atoms with E-state index in [0.29, 0.717) is 11.4 Å². The lowest BCUT2D eigenvalue weighted by Gasteiger charge is -2.26. The van der Waals surface area contributed by atoms with Gasteiger partial charge in [-0.25, -0.2) is 0 Å². The summed E-state index contributed by atoms with van der Waals surface area (Å²) in [5, 5.41) is 3.35. The second-order valence-electron chi connectivity index (χ2n) is 6.20. The van der Waals surface area contributed by atoms with Crippen LogP contribution in [0.4, 0.5) is 11.4 Å². The fraction of sp³-hybridized carbons (Fsp3) is 0.368. The first-order valence-electron chi connectivity index (χ1n) is 8.52. The highest BCUT2D eigenvalue weighted by atomic mass is 32.2. The van der Waals surface area contributed by atoms with E-state index in [1.807, 2.05) is 36.4 Å². The third kappa shape index (κ3) is 5.04. The number of para-hydroxylation sites is 1. The Morgan fingerprint density at radius 3 is 2.84 bits per heavy atom. The molecule has 0 amide bonds. The minimum atomic E-state index is 0.0723. The Morgan fingerprint density at radius 2 is 2.08 bits per heavy atom. The van der Waals surface area contributed by atoms with E-state index in [1.165, 1.54) is 0 Å². The standard InChI is InChI=1S/C19H25N3O2S/c1-13(10-14-12-22-8-9-23-14)24-18-4-2-3-5-19(18)25-15-6-7-16(20)17(21)11-15/h2-7,11,13-14,22H,8-10,12,20-21H2,1H3. The highest BCUT2D eigenvalue weighted by Gasteiger charge is 2.18. The van der Waals surface area contributed by atoms with E-state index in [1.54, 1.807) is 11.8 Å². The summed E-state index contributed by atoms with van der Waals surface area (Å²) in [6.45, 7) is 4.66. The Balaban J connectivity index is 1.66. The fourth-order valence-corrected chi connectivity index (χ4v) is 3.72. The molecule has 0 spiro atoms. The maximum absolute atomic E-state index is 6.19. The van der Waals surface area contributed by atoms with Crippen molar-refractivity contribution in [2.75, 3.05) is 31.2 Å². The van der Waals surface area contributed by atoms with Gasteiger partial charge in [0.05, 0.1) is 35.1 Å². The first kappa shape index (κ1) is 17.9. The fourth-order valence-electron chi connectivity index (χ4n) is 2.78. The highest BCUT2D eigenvalue weighted by Crippen LogP contribution is 2.37. The average Bonchev–Trinajstić information content (AvgIpc) is 2.61. The molecular formula is C19H25N3O2S. The highest BCUT2D eigenvalue weighted by molar-refractivity contribution is 7.99. The lowest BCUT2D eigenvalue weighted by atomic mass is 10.1. The van der Waals surface area contributed by atoms with Gasteiger partial charge in [-0.1, -0.05) is 23.9 Å². The summed E-state index contributed by atoms with van der Waals surface area (Å²) in [5.41, 5.74) is 12.9. The van der Waals surface area contributed by atoms with Crippen LogP contribution in [-0.2, 0) is 4.74 Å². The molecule has 0 radical (unpaired) electrons. The molecule has 1 aliphatic heterocycles. The van der Waals surface area contributed by atoms with E-state index in [0.717, 1.165) is 41.7 Å². The Bertz CT molecular complexity index is 705. The third-order valence-corrected chi connectivity index (χ3v) is 5.11. The van der Waals surface area contributed by atoms with Crippen LogP contribution in [0.1, 0.15) is 13.3 Å². The van der Waals surface area contributed by atoms with E-state index >= 15 is 0 Å². The molecule has 2 unspecified atom stereocenters. The first-order chi connectivity index (χ1) is 12.1. The average molecular weight is 359 g/mol. The molecule has 1 saturated heterocycles. The number of ether oxygens (including phenoxy) is 2. The molecule has 5 nitrogen and oxygen atoms in total. The molecule has 1 heterocycles. The number of rotatable bonds is 6. The monoisotopic (exact) mass is 359 g/mol. The molecule has 0 saturated carbocycles. The van der Waals surface area contributed by atoms with Crippen molar-refractivity contribution in [2.24, 2.45) is 0 Å². The van der Waals surface area contributed by atoms with Gasteiger partial charge in [0.2, 0.25) is 0 Å². The van der Waals surface area contributed by atoms with Crippen molar-refractivity contribution in [3.8, 4) is 5.75 Å². The maximum Gasteiger partial charge on any atom is 0.133 e. The van der Waals surface area contributed by atoms with Crippen molar-refractivity contribution in [1.29, 1.82) is 0 Å². The van der Waals surface area contributed by atoms with Crippen LogP contribution in [0.5, 0.6) is 5.75 Å². The Labute approximate surface area is 153 Å². The van der Waals surface area contributed by atoms with Crippen LogP contribution in [-0.4, -0.2) is 31.9 Å². The smallest absolute Gasteiger partial charge is 0.133 e. The molecule has 134 valence electrons. The van der Waals surface area contributed by atoms with Crippen molar-refractivity contribution >= 4 is 23.1 Å². The second kappa shape index (κ2) is 8.47. The van der Waals surface area contributed by atoms with Crippen LogP contribution in [0.15, 0.2) is 52.3 Å². The summed E-state index contributed by atoms with van der Waals surface area (Å²) >= 11 is 1.62. The van der Waals surface area contributed by atoms with Gasteiger partial charge in [-0.15, -0.1) is 0 Å². The predicted octanol–water partition coefficient (Wildman–Crippen LogP) is 3.15. The SMILES string of the molecule is CC(CC1CNCCO1)Oc1ccccc1Sc1ccc(N)c(N)c1. The number of nitrogens with one attached hydrogen (secondary N) is 1. The van der Waals surface area contributed by atoms with Crippen molar-refractivity contribution in [3.63, 3.8) is 0 Å². The molecule has 5 N–H and O–H groups in total. The number of anilines is 2. The van der Waals surface area contributed by atoms with Gasteiger partial charge < -0.3 is 26.3 Å². The molecule has 25 heavy (non-hydrogen) atoms. The zero-order valence-electron chi connectivity index (χ0n) is 14.4. The Kier molecular flexibility index (Phi) is 6.07. The molecule has 2 aromatic rings. The minimum Gasteiger partial charge on any atom is -0.489 e. The second-order valence-corrected chi connectivity index (χ2v) is 7.32. The summed E-state index contributed by atoms with van der Waals surface area (Å²) in [6, 6.07) is 13.7. The summed E-state index contributed by atoms with van der Waals surface area (Å²) < 4.78 is 12.0. The zero-order chi connectivity index (χ0) is 17.6. The van der Waals surface area contributed by atoms with Gasteiger partial charge in [0.1, 0.15) is 5.75 Å². The van der Waals surface area contributed by atoms with Gasteiger partial charge in [0, 0.05) is 24.4 Å². The van der Waals surface area contributed by atoms with Crippen LogP contribution < -0.4 is 21.5 Å². The lowest BCUT2D eigenvalue weighted by molar-refractivity contribution is 0.00299. The molecule has 0 aromatic heterocycles.